The smallest absolute Gasteiger partial charge is 0.285 e. The summed E-state index contributed by atoms with van der Waals surface area (Å²) in [7, 11) is 0. The summed E-state index contributed by atoms with van der Waals surface area (Å²) in [6.45, 7) is 7.70. The molecule has 9 nitrogen and oxygen atoms in total. The molecule has 0 radical (unpaired) electrons. The minimum atomic E-state index is -0.794. The normalized spacial score (nSPS) is 35.8. The molecule has 28 heavy (non-hydrogen) atoms. The van der Waals surface area contributed by atoms with Gasteiger partial charge in [0.25, 0.3) is 5.69 Å². The van der Waals surface area contributed by atoms with Gasteiger partial charge in [-0.1, -0.05) is 12.1 Å². The van der Waals surface area contributed by atoms with Gasteiger partial charge < -0.3 is 23.7 Å². The molecular weight excluding hydrogens is 390 g/mol. The van der Waals surface area contributed by atoms with E-state index in [2.05, 4.69) is 0 Å². The highest BCUT2D eigenvalue weighted by molar-refractivity contribution is 7.94. The first-order valence-electron chi connectivity index (χ1n) is 9.05. The Morgan fingerprint density at radius 3 is 2.46 bits per heavy atom. The van der Waals surface area contributed by atoms with E-state index in [0.29, 0.717) is 11.5 Å². The van der Waals surface area contributed by atoms with E-state index in [4.69, 9.17) is 27.9 Å². The molecular formula is C18H23NO8S. The minimum absolute atomic E-state index is 0.0307. The number of nitro groups is 1. The van der Waals surface area contributed by atoms with Crippen molar-refractivity contribution in [2.75, 3.05) is 6.61 Å². The van der Waals surface area contributed by atoms with Crippen LogP contribution in [0.2, 0.25) is 0 Å². The lowest BCUT2D eigenvalue weighted by molar-refractivity contribution is -0.387. The summed E-state index contributed by atoms with van der Waals surface area (Å²) in [6.07, 6.45) is -2.42. The Bertz CT molecular complexity index is 757. The van der Waals surface area contributed by atoms with E-state index in [0.717, 1.165) is 12.0 Å². The third kappa shape index (κ3) is 3.90. The van der Waals surface area contributed by atoms with E-state index in [9.17, 15) is 10.1 Å². The lowest BCUT2D eigenvalue weighted by Gasteiger charge is -2.26. The first-order chi connectivity index (χ1) is 13.2. The van der Waals surface area contributed by atoms with Gasteiger partial charge in [-0.3, -0.25) is 14.3 Å². The number of rotatable bonds is 5. The minimum Gasteiger partial charge on any atom is -0.348 e. The van der Waals surface area contributed by atoms with Crippen molar-refractivity contribution in [3.05, 3.63) is 34.4 Å². The van der Waals surface area contributed by atoms with Crippen LogP contribution in [0.5, 0.6) is 0 Å². The number of ether oxygens (including phenoxy) is 5. The molecule has 0 bridgehead atoms. The van der Waals surface area contributed by atoms with Crippen molar-refractivity contribution in [3.8, 4) is 0 Å². The number of benzene rings is 1. The van der Waals surface area contributed by atoms with E-state index in [1.165, 1.54) is 6.07 Å². The maximum Gasteiger partial charge on any atom is 0.285 e. The lowest BCUT2D eigenvalue weighted by Crippen LogP contribution is -2.40. The molecule has 3 heterocycles. The molecule has 0 aromatic heterocycles. The first kappa shape index (κ1) is 20.0. The van der Waals surface area contributed by atoms with Crippen LogP contribution in [0.25, 0.3) is 0 Å². The zero-order chi connectivity index (χ0) is 20.1. The third-order valence-electron chi connectivity index (χ3n) is 4.74. The maximum absolute atomic E-state index is 11.2. The zero-order valence-electron chi connectivity index (χ0n) is 16.0. The van der Waals surface area contributed by atoms with Crippen molar-refractivity contribution in [3.63, 3.8) is 0 Å². The predicted molar refractivity (Wildman–Crippen MR) is 97.4 cm³/mol. The number of fused-ring (bicyclic) bond motifs is 1. The van der Waals surface area contributed by atoms with Crippen molar-refractivity contribution in [1.82, 2.24) is 0 Å². The van der Waals surface area contributed by atoms with E-state index in [1.807, 2.05) is 27.7 Å². The topological polar surface area (TPSA) is 98.5 Å². The van der Waals surface area contributed by atoms with Crippen molar-refractivity contribution in [2.24, 2.45) is 0 Å². The molecule has 3 saturated heterocycles. The van der Waals surface area contributed by atoms with Crippen LogP contribution in [-0.2, 0) is 27.9 Å². The molecule has 3 aliphatic heterocycles. The second-order valence-corrected chi connectivity index (χ2v) is 8.60. The summed E-state index contributed by atoms with van der Waals surface area (Å²) in [5.41, 5.74) is -0.0307. The summed E-state index contributed by atoms with van der Waals surface area (Å²) in [5.74, 6) is -1.49. The Morgan fingerprint density at radius 1 is 1.07 bits per heavy atom. The van der Waals surface area contributed by atoms with Gasteiger partial charge in [0.1, 0.15) is 29.3 Å². The molecule has 1 aromatic carbocycles. The highest BCUT2D eigenvalue weighted by Crippen LogP contribution is 2.44. The third-order valence-corrected chi connectivity index (χ3v) is 5.55. The van der Waals surface area contributed by atoms with Crippen molar-refractivity contribution in [1.29, 1.82) is 0 Å². The van der Waals surface area contributed by atoms with E-state index >= 15 is 0 Å². The highest BCUT2D eigenvalue weighted by Gasteiger charge is 2.59. The Balaban J connectivity index is 1.49. The molecule has 5 atom stereocenters. The number of nitro benzene ring substituents is 1. The summed E-state index contributed by atoms with van der Waals surface area (Å²) >= 11 is 0.892. The SMILES string of the molecule is CC1(C)O[C@@H]2[C@H](O1)[C@@H](OSc1ccccc1[N+](=O)[O-])O[C@@H]2[C@H]1COC(C)(C)O1. The quantitative estimate of drug-likeness (QED) is 0.410. The van der Waals surface area contributed by atoms with Crippen LogP contribution in [0.1, 0.15) is 27.7 Å². The fourth-order valence-corrected chi connectivity index (χ4v) is 4.34. The molecule has 154 valence electrons. The molecule has 3 aliphatic rings. The Labute approximate surface area is 166 Å². The average Bonchev–Trinajstić information content (AvgIpc) is 3.23. The molecule has 0 unspecified atom stereocenters. The van der Waals surface area contributed by atoms with Crippen LogP contribution in [-0.4, -0.2) is 53.8 Å². The molecule has 0 spiro atoms. The molecule has 0 amide bonds. The van der Waals surface area contributed by atoms with E-state index in [-0.39, 0.29) is 11.8 Å². The summed E-state index contributed by atoms with van der Waals surface area (Å²) in [4.78, 5) is 11.1. The molecule has 4 rings (SSSR count). The van der Waals surface area contributed by atoms with Gasteiger partial charge in [-0.15, -0.1) is 0 Å². The zero-order valence-corrected chi connectivity index (χ0v) is 16.8. The number of para-hydroxylation sites is 1. The van der Waals surface area contributed by atoms with Crippen molar-refractivity contribution >= 4 is 17.7 Å². The van der Waals surface area contributed by atoms with Gasteiger partial charge in [-0.2, -0.15) is 0 Å². The lowest BCUT2D eigenvalue weighted by atomic mass is 10.1. The maximum atomic E-state index is 11.2. The van der Waals surface area contributed by atoms with Gasteiger partial charge in [-0.05, 0) is 33.8 Å². The van der Waals surface area contributed by atoms with Crippen LogP contribution in [0.3, 0.4) is 0 Å². The fourth-order valence-electron chi connectivity index (χ4n) is 3.62. The largest absolute Gasteiger partial charge is 0.348 e. The average molecular weight is 413 g/mol. The fraction of sp³-hybridized carbons (Fsp3) is 0.667. The second-order valence-electron chi connectivity index (χ2n) is 7.81. The van der Waals surface area contributed by atoms with Crippen LogP contribution < -0.4 is 0 Å². The van der Waals surface area contributed by atoms with Gasteiger partial charge in [0.05, 0.1) is 11.5 Å². The molecule has 0 N–H and O–H groups in total. The van der Waals surface area contributed by atoms with Crippen molar-refractivity contribution in [2.45, 2.75) is 74.9 Å². The molecule has 0 saturated carbocycles. The summed E-state index contributed by atoms with van der Waals surface area (Å²) in [6, 6.07) is 6.37. The molecule has 10 heteroatoms. The molecule has 3 fully saturated rings. The Morgan fingerprint density at radius 2 is 1.79 bits per heavy atom. The first-order valence-corrected chi connectivity index (χ1v) is 9.79. The van der Waals surface area contributed by atoms with Crippen LogP contribution in [0.4, 0.5) is 5.69 Å². The van der Waals surface area contributed by atoms with Gasteiger partial charge in [0.2, 0.25) is 0 Å². The predicted octanol–water partition coefficient (Wildman–Crippen LogP) is 3.02. The monoisotopic (exact) mass is 413 g/mol. The van der Waals surface area contributed by atoms with Gasteiger partial charge in [-0.25, -0.2) is 0 Å². The van der Waals surface area contributed by atoms with Crippen LogP contribution >= 0.6 is 12.0 Å². The van der Waals surface area contributed by atoms with Crippen LogP contribution in [0.15, 0.2) is 29.2 Å². The summed E-state index contributed by atoms with van der Waals surface area (Å²) < 4.78 is 35.5. The van der Waals surface area contributed by atoms with Gasteiger partial charge >= 0.3 is 0 Å². The number of hydrogen-bond donors (Lipinski definition) is 0. The highest BCUT2D eigenvalue weighted by atomic mass is 32.2. The van der Waals surface area contributed by atoms with E-state index in [1.54, 1.807) is 18.2 Å². The van der Waals surface area contributed by atoms with Gasteiger partial charge in [0.15, 0.2) is 17.9 Å². The van der Waals surface area contributed by atoms with Crippen molar-refractivity contribution < 1.29 is 32.8 Å². The molecule has 0 aliphatic carbocycles. The summed E-state index contributed by atoms with van der Waals surface area (Å²) in [5, 5.41) is 11.2. The van der Waals surface area contributed by atoms with Gasteiger partial charge in [0, 0.05) is 18.1 Å². The number of hydrogen-bond acceptors (Lipinski definition) is 9. The number of nitrogens with zero attached hydrogens (tertiary/aromatic N) is 1. The standard InChI is InChI=1S/C18H23NO8S/c1-17(2)22-9-11(24-17)13-14-15(26-18(3,4)25-14)16(23-13)27-28-12-8-6-5-7-10(12)19(20)21/h5-8,11,13-16H,9H2,1-4H3/t11-,13-,14+,15+,16-/m1/s1. The second kappa shape index (κ2) is 7.21. The van der Waals surface area contributed by atoms with E-state index < -0.39 is 41.1 Å². The Kier molecular flexibility index (Phi) is 5.15. The van der Waals surface area contributed by atoms with Crippen LogP contribution in [0, 0.1) is 10.1 Å². The molecule has 1 aromatic rings. The Hall–Kier alpha value is -1.27.